The van der Waals surface area contributed by atoms with Gasteiger partial charge in [0.1, 0.15) is 0 Å². The molecule has 0 amide bonds. The molecule has 0 aliphatic carbocycles. The zero-order chi connectivity index (χ0) is 21.7. The molecule has 0 radical (unpaired) electrons. The maximum absolute atomic E-state index is 11.7. The number of anilines is 1. The van der Waals surface area contributed by atoms with Crippen LogP contribution in [0, 0.1) is 0 Å². The van der Waals surface area contributed by atoms with Crippen LogP contribution < -0.4 is 16.0 Å². The molecule has 1 heterocycles. The highest BCUT2D eigenvalue weighted by Gasteiger charge is 2.14. The Morgan fingerprint density at radius 1 is 0.935 bits per heavy atom. The summed E-state index contributed by atoms with van der Waals surface area (Å²) in [7, 11) is -3.19. The summed E-state index contributed by atoms with van der Waals surface area (Å²) in [6.07, 6.45) is 1.22. The Morgan fingerprint density at radius 2 is 1.61 bits per heavy atom. The fourth-order valence-corrected chi connectivity index (χ4v) is 4.16. The molecule has 6 nitrogen and oxygen atoms in total. The summed E-state index contributed by atoms with van der Waals surface area (Å²) in [5.74, 6) is 0.808. The highest BCUT2D eigenvalue weighted by atomic mass is 32.2. The fourth-order valence-electron chi connectivity index (χ4n) is 3.53. The van der Waals surface area contributed by atoms with Gasteiger partial charge in [-0.3, -0.25) is 4.99 Å². The Hall–Kier alpha value is -3.16. The third kappa shape index (κ3) is 5.51. The number of benzene rings is 3. The topological polar surface area (TPSA) is 82.6 Å². The van der Waals surface area contributed by atoms with Crippen molar-refractivity contribution in [3.8, 4) is 0 Å². The first-order valence-corrected chi connectivity index (χ1v) is 12.1. The standard InChI is InChI=1S/C24H26N4O2S/c1-31(29,30)22-13-7-18(8-14-22)17-27-23(19-5-3-2-4-6-19)20-9-11-21(12-10-20)28-24-25-15-16-26-24/h2-14,23,27H,15-17H2,1H3,(H2,25,26,28). The molecule has 1 unspecified atom stereocenters. The summed E-state index contributed by atoms with van der Waals surface area (Å²) in [4.78, 5) is 4.70. The molecule has 0 saturated carbocycles. The molecule has 0 spiro atoms. The molecule has 1 aliphatic rings. The smallest absolute Gasteiger partial charge is 0.195 e. The molecular weight excluding hydrogens is 408 g/mol. The molecular formula is C24H26N4O2S. The van der Waals surface area contributed by atoms with E-state index >= 15 is 0 Å². The molecule has 0 saturated heterocycles. The van der Waals surface area contributed by atoms with Gasteiger partial charge in [0, 0.05) is 25.0 Å². The normalized spacial score (nSPS) is 14.5. The Kier molecular flexibility index (Phi) is 6.34. The van der Waals surface area contributed by atoms with Crippen molar-refractivity contribution in [2.45, 2.75) is 17.5 Å². The van der Waals surface area contributed by atoms with E-state index in [0.29, 0.717) is 11.4 Å². The molecule has 0 aromatic heterocycles. The van der Waals surface area contributed by atoms with Gasteiger partial charge in [-0.2, -0.15) is 0 Å². The zero-order valence-electron chi connectivity index (χ0n) is 17.4. The van der Waals surface area contributed by atoms with Gasteiger partial charge in [0.25, 0.3) is 0 Å². The first kappa shape index (κ1) is 21.1. The Labute approximate surface area is 183 Å². The van der Waals surface area contributed by atoms with Crippen molar-refractivity contribution in [3.05, 3.63) is 95.6 Å². The largest absolute Gasteiger partial charge is 0.354 e. The van der Waals surface area contributed by atoms with Crippen LogP contribution in [0.4, 0.5) is 5.69 Å². The van der Waals surface area contributed by atoms with E-state index in [2.05, 4.69) is 57.3 Å². The summed E-state index contributed by atoms with van der Waals surface area (Å²) in [5, 5.41) is 10.1. The lowest BCUT2D eigenvalue weighted by molar-refractivity contribution is 0.600. The van der Waals surface area contributed by atoms with Gasteiger partial charge in [-0.05, 0) is 41.0 Å². The second kappa shape index (κ2) is 9.32. The highest BCUT2D eigenvalue weighted by Crippen LogP contribution is 2.24. The molecule has 3 aromatic carbocycles. The molecule has 31 heavy (non-hydrogen) atoms. The van der Waals surface area contributed by atoms with Gasteiger partial charge in [-0.15, -0.1) is 0 Å². The van der Waals surface area contributed by atoms with Crippen LogP contribution in [-0.2, 0) is 16.4 Å². The fraction of sp³-hybridized carbons (Fsp3) is 0.208. The number of sulfone groups is 1. The minimum absolute atomic E-state index is 0.00628. The van der Waals surface area contributed by atoms with Crippen LogP contribution in [0.5, 0.6) is 0 Å². The summed E-state index contributed by atoms with van der Waals surface area (Å²) in [6.45, 7) is 2.28. The minimum atomic E-state index is -3.19. The van der Waals surface area contributed by atoms with Crippen LogP contribution in [0.1, 0.15) is 22.7 Å². The van der Waals surface area contributed by atoms with E-state index in [0.717, 1.165) is 41.4 Å². The highest BCUT2D eigenvalue weighted by molar-refractivity contribution is 7.90. The molecule has 3 N–H and O–H groups in total. The van der Waals surface area contributed by atoms with Gasteiger partial charge in [-0.25, -0.2) is 8.42 Å². The SMILES string of the molecule is CS(=O)(=O)c1ccc(CNC(c2ccccc2)c2ccc(NC3=NCCN3)cc2)cc1. The van der Waals surface area contributed by atoms with E-state index in [1.807, 2.05) is 30.3 Å². The molecule has 7 heteroatoms. The lowest BCUT2D eigenvalue weighted by Gasteiger charge is -2.21. The van der Waals surface area contributed by atoms with Crippen LogP contribution >= 0.6 is 0 Å². The van der Waals surface area contributed by atoms with Crippen LogP contribution in [0.25, 0.3) is 0 Å². The van der Waals surface area contributed by atoms with E-state index in [-0.39, 0.29) is 6.04 Å². The summed E-state index contributed by atoms with van der Waals surface area (Å²) < 4.78 is 23.4. The summed E-state index contributed by atoms with van der Waals surface area (Å²) in [5.41, 5.74) is 4.32. The Balaban J connectivity index is 1.51. The predicted octanol–water partition coefficient (Wildman–Crippen LogP) is 3.34. The summed E-state index contributed by atoms with van der Waals surface area (Å²) >= 11 is 0. The van der Waals surface area contributed by atoms with Gasteiger partial charge >= 0.3 is 0 Å². The molecule has 4 rings (SSSR count). The van der Waals surface area contributed by atoms with Gasteiger partial charge in [0.05, 0.1) is 17.5 Å². The molecule has 0 fully saturated rings. The Morgan fingerprint density at radius 3 is 2.23 bits per heavy atom. The third-order valence-corrected chi connectivity index (χ3v) is 6.30. The molecule has 160 valence electrons. The van der Waals surface area contributed by atoms with Crippen molar-refractivity contribution in [1.29, 1.82) is 0 Å². The van der Waals surface area contributed by atoms with Crippen LogP contribution in [-0.4, -0.2) is 33.7 Å². The maximum Gasteiger partial charge on any atom is 0.195 e. The number of nitrogens with one attached hydrogen (secondary N) is 3. The maximum atomic E-state index is 11.7. The van der Waals surface area contributed by atoms with E-state index in [9.17, 15) is 8.42 Å². The average Bonchev–Trinajstić information content (AvgIpc) is 3.28. The number of hydrogen-bond donors (Lipinski definition) is 3. The quantitative estimate of drug-likeness (QED) is 0.531. The van der Waals surface area contributed by atoms with Gasteiger partial charge in [0.15, 0.2) is 15.8 Å². The molecule has 1 atom stereocenters. The first-order chi connectivity index (χ1) is 15.0. The molecule has 1 aliphatic heterocycles. The number of hydrogen-bond acceptors (Lipinski definition) is 6. The van der Waals surface area contributed by atoms with Crippen molar-refractivity contribution >= 4 is 21.5 Å². The van der Waals surface area contributed by atoms with Crippen LogP contribution in [0.3, 0.4) is 0 Å². The van der Waals surface area contributed by atoms with E-state index in [4.69, 9.17) is 0 Å². The third-order valence-electron chi connectivity index (χ3n) is 5.18. The minimum Gasteiger partial charge on any atom is -0.354 e. The van der Waals surface area contributed by atoms with E-state index in [1.165, 1.54) is 6.26 Å². The number of aliphatic imine (C=N–C) groups is 1. The molecule has 3 aromatic rings. The monoisotopic (exact) mass is 434 g/mol. The van der Waals surface area contributed by atoms with Crippen LogP contribution in [0.15, 0.2) is 88.8 Å². The number of guanidine groups is 1. The van der Waals surface area contributed by atoms with Crippen molar-refractivity contribution in [1.82, 2.24) is 10.6 Å². The lowest BCUT2D eigenvalue weighted by Crippen LogP contribution is -2.26. The average molecular weight is 435 g/mol. The first-order valence-electron chi connectivity index (χ1n) is 10.2. The zero-order valence-corrected chi connectivity index (χ0v) is 18.2. The second-order valence-electron chi connectivity index (χ2n) is 7.54. The van der Waals surface area contributed by atoms with Gasteiger partial charge in [0.2, 0.25) is 0 Å². The number of rotatable bonds is 7. The van der Waals surface area contributed by atoms with E-state index < -0.39 is 9.84 Å². The Bertz CT molecular complexity index is 1140. The van der Waals surface area contributed by atoms with E-state index in [1.54, 1.807) is 12.1 Å². The van der Waals surface area contributed by atoms with Gasteiger partial charge < -0.3 is 16.0 Å². The van der Waals surface area contributed by atoms with Gasteiger partial charge in [-0.1, -0.05) is 54.6 Å². The van der Waals surface area contributed by atoms with Crippen LogP contribution in [0.2, 0.25) is 0 Å². The lowest BCUT2D eigenvalue weighted by atomic mass is 9.98. The van der Waals surface area contributed by atoms with Crippen molar-refractivity contribution in [3.63, 3.8) is 0 Å². The van der Waals surface area contributed by atoms with Crippen molar-refractivity contribution in [2.24, 2.45) is 4.99 Å². The number of nitrogens with zero attached hydrogens (tertiary/aromatic N) is 1. The summed E-state index contributed by atoms with van der Waals surface area (Å²) in [6, 6.07) is 25.6. The predicted molar refractivity (Wildman–Crippen MR) is 125 cm³/mol. The van der Waals surface area contributed by atoms with Crippen molar-refractivity contribution in [2.75, 3.05) is 24.7 Å². The molecule has 0 bridgehead atoms. The van der Waals surface area contributed by atoms with Crippen molar-refractivity contribution < 1.29 is 8.42 Å². The second-order valence-corrected chi connectivity index (χ2v) is 9.56.